The highest BCUT2D eigenvalue weighted by atomic mass is 16.5. The van der Waals surface area contributed by atoms with Crippen molar-refractivity contribution in [3.05, 3.63) is 0 Å². The van der Waals surface area contributed by atoms with E-state index in [0.717, 1.165) is 18.4 Å². The summed E-state index contributed by atoms with van der Waals surface area (Å²) in [7, 11) is 4.34. The maximum atomic E-state index is 5.66. The second-order valence-corrected chi connectivity index (χ2v) is 8.49. The lowest BCUT2D eigenvalue weighted by Gasteiger charge is -2.55. The molecule has 1 aliphatic carbocycles. The van der Waals surface area contributed by atoms with Crippen LogP contribution in [0, 0.1) is 11.8 Å². The summed E-state index contributed by atoms with van der Waals surface area (Å²) in [5.41, 5.74) is 0.228. The van der Waals surface area contributed by atoms with Crippen molar-refractivity contribution < 1.29 is 4.74 Å². The van der Waals surface area contributed by atoms with Crippen molar-refractivity contribution in [2.45, 2.75) is 76.7 Å². The van der Waals surface area contributed by atoms with Crippen LogP contribution in [0.1, 0.15) is 59.8 Å². The molecule has 0 spiro atoms. The zero-order valence-corrected chi connectivity index (χ0v) is 14.5. The molecule has 0 aromatic rings. The molecule has 3 heteroatoms. The van der Waals surface area contributed by atoms with E-state index < -0.39 is 0 Å². The van der Waals surface area contributed by atoms with Crippen molar-refractivity contribution >= 4 is 7.85 Å². The number of rotatable bonds is 3. The first-order valence-corrected chi connectivity index (χ1v) is 8.56. The number of likely N-dealkylation sites (tertiary alicyclic amines) is 1. The summed E-state index contributed by atoms with van der Waals surface area (Å²) in [6.07, 6.45) is 6.95. The van der Waals surface area contributed by atoms with Crippen LogP contribution < -0.4 is 0 Å². The Morgan fingerprint density at radius 3 is 2.60 bits per heavy atom. The molecule has 1 saturated heterocycles. The van der Waals surface area contributed by atoms with E-state index in [0.29, 0.717) is 11.4 Å². The van der Waals surface area contributed by atoms with Crippen molar-refractivity contribution in [2.24, 2.45) is 11.8 Å². The van der Waals surface area contributed by atoms with E-state index >= 15 is 0 Å². The summed E-state index contributed by atoms with van der Waals surface area (Å²) in [4.78, 5) is 2.72. The third kappa shape index (κ3) is 3.09. The highest BCUT2D eigenvalue weighted by molar-refractivity contribution is 6.14. The third-order valence-corrected chi connectivity index (χ3v) is 6.01. The second kappa shape index (κ2) is 6.00. The summed E-state index contributed by atoms with van der Waals surface area (Å²) >= 11 is 0. The topological polar surface area (TPSA) is 12.5 Å². The molecule has 20 heavy (non-hydrogen) atoms. The zero-order valence-electron chi connectivity index (χ0n) is 14.5. The lowest BCUT2D eigenvalue weighted by atomic mass is 9.61. The van der Waals surface area contributed by atoms with Crippen LogP contribution in [-0.2, 0) is 4.74 Å². The Bertz CT molecular complexity index is 331. The van der Waals surface area contributed by atoms with E-state index in [4.69, 9.17) is 4.74 Å². The fourth-order valence-corrected chi connectivity index (χ4v) is 5.22. The molecule has 0 aromatic heterocycles. The molecule has 116 valence electrons. The number of nitrogens with zero attached hydrogens (tertiary/aromatic N) is 1. The molecule has 2 rings (SSSR count). The van der Waals surface area contributed by atoms with Crippen LogP contribution >= 0.6 is 0 Å². The Balaban J connectivity index is 2.27. The van der Waals surface area contributed by atoms with Gasteiger partial charge in [0.25, 0.3) is 0 Å². The van der Waals surface area contributed by atoms with Gasteiger partial charge in [-0.2, -0.15) is 0 Å². The van der Waals surface area contributed by atoms with Gasteiger partial charge >= 0.3 is 0 Å². The lowest BCUT2D eigenvalue weighted by Crippen LogP contribution is -2.62. The van der Waals surface area contributed by atoms with Gasteiger partial charge in [-0.3, -0.25) is 4.90 Å². The fraction of sp³-hybridized carbons (Fsp3) is 1.00. The highest BCUT2D eigenvalue weighted by Crippen LogP contribution is 2.51. The Morgan fingerprint density at radius 2 is 2.00 bits per heavy atom. The van der Waals surface area contributed by atoms with Crippen molar-refractivity contribution in [1.29, 1.82) is 0 Å². The van der Waals surface area contributed by atoms with E-state index in [1.165, 1.54) is 38.6 Å². The van der Waals surface area contributed by atoms with Crippen LogP contribution in [0.15, 0.2) is 0 Å². The summed E-state index contributed by atoms with van der Waals surface area (Å²) in [6, 6.07) is 0.618. The van der Waals surface area contributed by atoms with Crippen LogP contribution in [0.5, 0.6) is 0 Å². The van der Waals surface area contributed by atoms with Crippen molar-refractivity contribution in [3.63, 3.8) is 0 Å². The second-order valence-electron chi connectivity index (χ2n) is 8.49. The Hall–Kier alpha value is -0.0151. The molecule has 0 aromatic carbocycles. The van der Waals surface area contributed by atoms with Gasteiger partial charge < -0.3 is 4.74 Å². The van der Waals surface area contributed by atoms with Crippen molar-refractivity contribution in [3.8, 4) is 0 Å². The summed E-state index contributed by atoms with van der Waals surface area (Å²) in [5.74, 6) is 1.70. The van der Waals surface area contributed by atoms with Gasteiger partial charge in [0.15, 0.2) is 0 Å². The first-order chi connectivity index (χ1) is 9.30. The van der Waals surface area contributed by atoms with Gasteiger partial charge in [-0.1, -0.05) is 31.5 Å². The number of piperidine rings is 1. The first-order valence-electron chi connectivity index (χ1n) is 8.56. The highest BCUT2D eigenvalue weighted by Gasteiger charge is 2.49. The average Bonchev–Trinajstić information content (AvgIpc) is 2.47. The van der Waals surface area contributed by atoms with E-state index in [-0.39, 0.29) is 5.54 Å². The molecular formula is C17H34BNO. The molecule has 2 aliphatic rings. The van der Waals surface area contributed by atoms with E-state index in [1.807, 2.05) is 7.11 Å². The third-order valence-electron chi connectivity index (χ3n) is 6.01. The van der Waals surface area contributed by atoms with E-state index in [1.54, 1.807) is 0 Å². The van der Waals surface area contributed by atoms with Gasteiger partial charge in [0.05, 0.1) is 6.61 Å². The van der Waals surface area contributed by atoms with Crippen LogP contribution in [-0.4, -0.2) is 44.6 Å². The summed E-state index contributed by atoms with van der Waals surface area (Å²) < 4.78 is 5.66. The van der Waals surface area contributed by atoms with Crippen LogP contribution in [0.3, 0.4) is 0 Å². The van der Waals surface area contributed by atoms with Crippen molar-refractivity contribution in [2.75, 3.05) is 20.3 Å². The normalized spacial score (nSPS) is 43.3. The van der Waals surface area contributed by atoms with E-state index in [9.17, 15) is 0 Å². The quantitative estimate of drug-likeness (QED) is 0.736. The number of ether oxygens (including phenoxy) is 1. The lowest BCUT2D eigenvalue weighted by molar-refractivity contribution is -0.0875. The van der Waals surface area contributed by atoms with Gasteiger partial charge in [0.1, 0.15) is 7.85 Å². The molecule has 0 bridgehead atoms. The first kappa shape index (κ1) is 16.4. The summed E-state index contributed by atoms with van der Waals surface area (Å²) in [5, 5.41) is 0.535. The van der Waals surface area contributed by atoms with Crippen LogP contribution in [0.4, 0.5) is 0 Å². The number of hydrogen-bond acceptors (Lipinski definition) is 2. The van der Waals surface area contributed by atoms with Crippen molar-refractivity contribution in [1.82, 2.24) is 4.90 Å². The molecular weight excluding hydrogens is 245 g/mol. The van der Waals surface area contributed by atoms with Gasteiger partial charge in [-0.15, -0.1) is 0 Å². The molecule has 2 fully saturated rings. The standard InChI is InChI=1S/C17H34BNO/c1-13(2)19-10-8-14-11-16(3,18)9-6-7-15(14)17(19,4)12-20-5/h13-15H,6-12,18H2,1-5H3. The Morgan fingerprint density at radius 1 is 1.30 bits per heavy atom. The molecule has 4 unspecified atom stereocenters. The molecule has 1 aliphatic heterocycles. The molecule has 1 saturated carbocycles. The summed E-state index contributed by atoms with van der Waals surface area (Å²) in [6.45, 7) is 11.7. The minimum absolute atomic E-state index is 0.228. The SMILES string of the molecule is BC1(C)CCCC2C(CCN(C(C)C)C2(C)COC)C1. The monoisotopic (exact) mass is 279 g/mol. The predicted molar refractivity (Wildman–Crippen MR) is 89.1 cm³/mol. The fourth-order valence-electron chi connectivity index (χ4n) is 5.22. The number of methoxy groups -OCH3 is 1. The van der Waals surface area contributed by atoms with Gasteiger partial charge in [-0.25, -0.2) is 0 Å². The molecule has 4 atom stereocenters. The number of fused-ring (bicyclic) bond motifs is 1. The molecule has 1 heterocycles. The molecule has 2 nitrogen and oxygen atoms in total. The van der Waals surface area contributed by atoms with Gasteiger partial charge in [0.2, 0.25) is 0 Å². The average molecular weight is 279 g/mol. The molecule has 0 radical (unpaired) electrons. The van der Waals surface area contributed by atoms with Gasteiger partial charge in [0, 0.05) is 18.7 Å². The van der Waals surface area contributed by atoms with E-state index in [2.05, 4.69) is 40.4 Å². The Labute approximate surface area is 127 Å². The maximum absolute atomic E-state index is 5.66. The zero-order chi connectivity index (χ0) is 15.0. The number of hydrogen-bond donors (Lipinski definition) is 0. The minimum Gasteiger partial charge on any atom is -0.383 e. The largest absolute Gasteiger partial charge is 0.383 e. The van der Waals surface area contributed by atoms with Crippen LogP contribution in [0.2, 0.25) is 5.31 Å². The maximum Gasteiger partial charge on any atom is 0.109 e. The smallest absolute Gasteiger partial charge is 0.109 e. The molecule has 0 amide bonds. The molecule has 0 N–H and O–H groups in total. The Kier molecular flexibility index (Phi) is 4.91. The van der Waals surface area contributed by atoms with Gasteiger partial charge in [-0.05, 0) is 52.0 Å². The predicted octanol–water partition coefficient (Wildman–Crippen LogP) is 3.12. The minimum atomic E-state index is 0.228. The van der Waals surface area contributed by atoms with Crippen LogP contribution in [0.25, 0.3) is 0 Å².